The lowest BCUT2D eigenvalue weighted by Gasteiger charge is -2.30. The minimum absolute atomic E-state index is 0.0236. The molecule has 152 valence electrons. The van der Waals surface area contributed by atoms with E-state index in [0.717, 1.165) is 12.8 Å². The van der Waals surface area contributed by atoms with E-state index in [1.807, 2.05) is 20.8 Å². The van der Waals surface area contributed by atoms with E-state index in [0.29, 0.717) is 25.9 Å². The average molecular weight is 380 g/mol. The molecular formula is C19H33N5O3. The smallest absolute Gasteiger partial charge is 0.240 e. The van der Waals surface area contributed by atoms with Crippen LogP contribution in [0.3, 0.4) is 0 Å². The van der Waals surface area contributed by atoms with Crippen LogP contribution in [0.2, 0.25) is 0 Å². The number of rotatable bonds is 10. The van der Waals surface area contributed by atoms with E-state index in [2.05, 4.69) is 11.4 Å². The number of primary amides is 1. The summed E-state index contributed by atoms with van der Waals surface area (Å²) in [6.07, 6.45) is 2.63. The van der Waals surface area contributed by atoms with Gasteiger partial charge in [-0.25, -0.2) is 0 Å². The first kappa shape index (κ1) is 22.9. The number of hydrogen-bond donors (Lipinski definition) is 2. The summed E-state index contributed by atoms with van der Waals surface area (Å²) in [5, 5.41) is 12.2. The van der Waals surface area contributed by atoms with Crippen molar-refractivity contribution in [2.45, 2.75) is 71.5 Å². The fourth-order valence-electron chi connectivity index (χ4n) is 3.43. The second kappa shape index (κ2) is 10.9. The molecule has 0 saturated carbocycles. The fourth-order valence-corrected chi connectivity index (χ4v) is 3.43. The molecule has 1 heterocycles. The van der Waals surface area contributed by atoms with Crippen LogP contribution in [0.1, 0.15) is 53.4 Å². The maximum absolute atomic E-state index is 13.0. The van der Waals surface area contributed by atoms with Gasteiger partial charge in [0.25, 0.3) is 0 Å². The predicted molar refractivity (Wildman–Crippen MR) is 102 cm³/mol. The number of nitriles is 1. The minimum Gasteiger partial charge on any atom is -0.368 e. The Balaban J connectivity index is 2.82. The Morgan fingerprint density at radius 1 is 1.33 bits per heavy atom. The highest BCUT2D eigenvalue weighted by molar-refractivity contribution is 5.90. The summed E-state index contributed by atoms with van der Waals surface area (Å²) in [7, 11) is 0. The molecule has 3 amide bonds. The molecule has 27 heavy (non-hydrogen) atoms. The maximum Gasteiger partial charge on any atom is 0.240 e. The number of likely N-dealkylation sites (tertiary alicyclic amines) is 1. The SMILES string of the molecule is CCCN(C(=O)CNC(CC(C)C)C(=O)N1CCC[C@H]1C(N)=O)C(C)C#N. The first-order valence-corrected chi connectivity index (χ1v) is 9.75. The third-order valence-electron chi connectivity index (χ3n) is 4.81. The van der Waals surface area contributed by atoms with Gasteiger partial charge in [-0.3, -0.25) is 19.7 Å². The van der Waals surface area contributed by atoms with E-state index >= 15 is 0 Å². The molecule has 2 unspecified atom stereocenters. The van der Waals surface area contributed by atoms with Gasteiger partial charge in [-0.05, 0) is 38.5 Å². The second-order valence-electron chi connectivity index (χ2n) is 7.55. The molecule has 1 fully saturated rings. The van der Waals surface area contributed by atoms with Crippen molar-refractivity contribution in [1.82, 2.24) is 15.1 Å². The second-order valence-corrected chi connectivity index (χ2v) is 7.55. The van der Waals surface area contributed by atoms with E-state index in [1.165, 1.54) is 9.80 Å². The van der Waals surface area contributed by atoms with Crippen LogP contribution in [0.4, 0.5) is 0 Å². The molecule has 0 aromatic carbocycles. The average Bonchev–Trinajstić information content (AvgIpc) is 3.11. The third-order valence-corrected chi connectivity index (χ3v) is 4.81. The summed E-state index contributed by atoms with van der Waals surface area (Å²) >= 11 is 0. The summed E-state index contributed by atoms with van der Waals surface area (Å²) in [4.78, 5) is 40.2. The third kappa shape index (κ3) is 6.51. The number of amides is 3. The maximum atomic E-state index is 13.0. The minimum atomic E-state index is -0.570. The van der Waals surface area contributed by atoms with Crippen molar-refractivity contribution in [3.05, 3.63) is 0 Å². The fraction of sp³-hybridized carbons (Fsp3) is 0.789. The van der Waals surface area contributed by atoms with E-state index < -0.39 is 24.0 Å². The van der Waals surface area contributed by atoms with Gasteiger partial charge in [0.2, 0.25) is 17.7 Å². The van der Waals surface area contributed by atoms with Gasteiger partial charge < -0.3 is 15.5 Å². The van der Waals surface area contributed by atoms with Crippen molar-refractivity contribution in [1.29, 1.82) is 5.26 Å². The zero-order chi connectivity index (χ0) is 20.6. The molecule has 0 bridgehead atoms. The molecule has 3 N–H and O–H groups in total. The molecule has 0 spiro atoms. The Hall–Kier alpha value is -2.14. The summed E-state index contributed by atoms with van der Waals surface area (Å²) in [5.74, 6) is -0.647. The van der Waals surface area contributed by atoms with E-state index in [9.17, 15) is 14.4 Å². The zero-order valence-corrected chi connectivity index (χ0v) is 16.9. The molecule has 0 radical (unpaired) electrons. The van der Waals surface area contributed by atoms with Gasteiger partial charge in [0.05, 0.1) is 18.7 Å². The molecule has 3 atom stereocenters. The van der Waals surface area contributed by atoms with Gasteiger partial charge in [0.15, 0.2) is 0 Å². The number of nitrogens with two attached hydrogens (primary N) is 1. The van der Waals surface area contributed by atoms with Crippen LogP contribution in [-0.2, 0) is 14.4 Å². The molecule has 8 heteroatoms. The molecular weight excluding hydrogens is 346 g/mol. The lowest BCUT2D eigenvalue weighted by molar-refractivity contribution is -0.139. The Morgan fingerprint density at radius 3 is 2.52 bits per heavy atom. The van der Waals surface area contributed by atoms with Gasteiger partial charge in [-0.1, -0.05) is 20.8 Å². The summed E-state index contributed by atoms with van der Waals surface area (Å²) in [6, 6.07) is 0.440. The Labute approximate surface area is 162 Å². The van der Waals surface area contributed by atoms with Crippen LogP contribution < -0.4 is 11.1 Å². The highest BCUT2D eigenvalue weighted by Crippen LogP contribution is 2.20. The van der Waals surface area contributed by atoms with Gasteiger partial charge >= 0.3 is 0 Å². The number of carbonyl (C=O) groups excluding carboxylic acids is 3. The molecule has 0 aromatic heterocycles. The van der Waals surface area contributed by atoms with Crippen molar-refractivity contribution in [2.24, 2.45) is 11.7 Å². The summed E-state index contributed by atoms with van der Waals surface area (Å²) in [5.41, 5.74) is 5.43. The van der Waals surface area contributed by atoms with Crippen LogP contribution in [-0.4, -0.2) is 65.3 Å². The molecule has 8 nitrogen and oxygen atoms in total. The summed E-state index contributed by atoms with van der Waals surface area (Å²) in [6.45, 7) is 8.61. The number of nitrogens with zero attached hydrogens (tertiary/aromatic N) is 3. The quantitative estimate of drug-likeness (QED) is 0.576. The Morgan fingerprint density at radius 2 is 2.00 bits per heavy atom. The number of carbonyl (C=O) groups is 3. The Kier molecular flexibility index (Phi) is 9.22. The molecule has 1 aliphatic heterocycles. The monoisotopic (exact) mass is 379 g/mol. The van der Waals surface area contributed by atoms with Crippen LogP contribution in [0.15, 0.2) is 0 Å². The standard InChI is InChI=1S/C19H33N5O3/c1-5-8-23(14(4)11-20)17(25)12-22-15(10-13(2)3)19(27)24-9-6-7-16(24)18(21)26/h13-16,22H,5-10,12H2,1-4H3,(H2,21,26)/t14?,15?,16-/m0/s1. The molecule has 1 rings (SSSR count). The highest BCUT2D eigenvalue weighted by atomic mass is 16.2. The van der Waals surface area contributed by atoms with Gasteiger partial charge in [0.1, 0.15) is 12.1 Å². The molecule has 0 aromatic rings. The molecule has 1 saturated heterocycles. The van der Waals surface area contributed by atoms with Crippen molar-refractivity contribution >= 4 is 17.7 Å². The van der Waals surface area contributed by atoms with E-state index in [4.69, 9.17) is 11.0 Å². The topological polar surface area (TPSA) is 120 Å². The van der Waals surface area contributed by atoms with Gasteiger partial charge in [0, 0.05) is 13.1 Å². The lowest BCUT2D eigenvalue weighted by atomic mass is 10.0. The van der Waals surface area contributed by atoms with Crippen LogP contribution in [0, 0.1) is 17.2 Å². The van der Waals surface area contributed by atoms with Crippen LogP contribution >= 0.6 is 0 Å². The van der Waals surface area contributed by atoms with Crippen LogP contribution in [0.25, 0.3) is 0 Å². The van der Waals surface area contributed by atoms with Crippen molar-refractivity contribution in [3.8, 4) is 6.07 Å². The first-order valence-electron chi connectivity index (χ1n) is 9.75. The largest absolute Gasteiger partial charge is 0.368 e. The van der Waals surface area contributed by atoms with Crippen LogP contribution in [0.5, 0.6) is 0 Å². The van der Waals surface area contributed by atoms with E-state index in [-0.39, 0.29) is 24.3 Å². The first-order chi connectivity index (χ1) is 12.7. The Bertz CT molecular complexity index is 572. The lowest BCUT2D eigenvalue weighted by Crippen LogP contribution is -2.54. The van der Waals surface area contributed by atoms with E-state index in [1.54, 1.807) is 6.92 Å². The van der Waals surface area contributed by atoms with Gasteiger partial charge in [-0.15, -0.1) is 0 Å². The predicted octanol–water partition coefficient (Wildman–Crippen LogP) is 0.618. The molecule has 1 aliphatic rings. The normalized spacial score (nSPS) is 18.8. The highest BCUT2D eigenvalue weighted by Gasteiger charge is 2.36. The van der Waals surface area contributed by atoms with Crippen molar-refractivity contribution in [3.63, 3.8) is 0 Å². The number of nitrogens with one attached hydrogen (secondary N) is 1. The molecule has 0 aliphatic carbocycles. The number of hydrogen-bond acceptors (Lipinski definition) is 5. The summed E-state index contributed by atoms with van der Waals surface area (Å²) < 4.78 is 0. The van der Waals surface area contributed by atoms with Gasteiger partial charge in [-0.2, -0.15) is 5.26 Å². The van der Waals surface area contributed by atoms with Crippen molar-refractivity contribution in [2.75, 3.05) is 19.6 Å². The zero-order valence-electron chi connectivity index (χ0n) is 16.9. The van der Waals surface area contributed by atoms with Crippen molar-refractivity contribution < 1.29 is 14.4 Å².